The summed E-state index contributed by atoms with van der Waals surface area (Å²) in [5, 5.41) is 9.25. The van der Waals surface area contributed by atoms with Crippen molar-refractivity contribution in [1.29, 1.82) is 5.39 Å². The van der Waals surface area contributed by atoms with E-state index in [0.717, 1.165) is 12.2 Å². The molecule has 0 aliphatic carbocycles. The fourth-order valence-corrected chi connectivity index (χ4v) is 2.21. The van der Waals surface area contributed by atoms with Crippen molar-refractivity contribution in [3.8, 4) is 5.75 Å². The SMILES string of the molecule is COc1cc([N+]#N)c(Cl)cc1N(C)Cc1ccccc1.[Cl][Zn-2]([Cl])([Cl])[Cl]. The molecule has 0 spiro atoms. The Labute approximate surface area is 171 Å². The molecular formula is C15H15Cl5N3OZn-. The minimum absolute atomic E-state index is 0.292. The van der Waals surface area contributed by atoms with Crippen molar-refractivity contribution in [2.75, 3.05) is 19.1 Å². The van der Waals surface area contributed by atoms with Crippen molar-refractivity contribution >= 4 is 61.7 Å². The van der Waals surface area contributed by atoms with Gasteiger partial charge in [0.25, 0.3) is 0 Å². The summed E-state index contributed by atoms with van der Waals surface area (Å²) in [5.74, 6) is 0.612. The van der Waals surface area contributed by atoms with Crippen LogP contribution in [0.1, 0.15) is 5.56 Å². The van der Waals surface area contributed by atoms with Crippen LogP contribution in [0, 0.1) is 5.39 Å². The first-order chi connectivity index (χ1) is 11.7. The van der Waals surface area contributed by atoms with Crippen LogP contribution < -0.4 is 9.64 Å². The van der Waals surface area contributed by atoms with Gasteiger partial charge in [0.1, 0.15) is 10.8 Å². The molecule has 0 saturated heterocycles. The third-order valence-corrected chi connectivity index (χ3v) is 3.33. The van der Waals surface area contributed by atoms with Crippen LogP contribution in [0.15, 0.2) is 42.5 Å². The molecule has 0 aromatic heterocycles. The number of diazo groups is 1. The Kier molecular flexibility index (Phi) is 9.60. The zero-order valence-electron chi connectivity index (χ0n) is 13.6. The van der Waals surface area contributed by atoms with Gasteiger partial charge in [0.05, 0.1) is 18.9 Å². The van der Waals surface area contributed by atoms with E-state index >= 15 is 0 Å². The summed E-state index contributed by atoms with van der Waals surface area (Å²) in [6.07, 6.45) is 0. The molecule has 0 atom stereocenters. The van der Waals surface area contributed by atoms with E-state index in [0.29, 0.717) is 16.5 Å². The Hall–Kier alpha value is -0.467. The number of benzene rings is 2. The van der Waals surface area contributed by atoms with Gasteiger partial charge in [-0.1, -0.05) is 41.9 Å². The number of nitrogens with zero attached hydrogens (tertiary/aromatic N) is 3. The second kappa shape index (κ2) is 10.6. The summed E-state index contributed by atoms with van der Waals surface area (Å²) in [6.45, 7) is 0.725. The van der Waals surface area contributed by atoms with Gasteiger partial charge >= 0.3 is 55.3 Å². The van der Waals surface area contributed by atoms with Crippen LogP contribution >= 0.6 is 50.4 Å². The maximum atomic E-state index is 8.87. The number of anilines is 1. The Morgan fingerprint density at radius 2 is 1.68 bits per heavy atom. The molecule has 4 nitrogen and oxygen atoms in total. The minimum atomic E-state index is -3.36. The predicted octanol–water partition coefficient (Wildman–Crippen LogP) is 7.23. The van der Waals surface area contributed by atoms with Gasteiger partial charge in [-0.15, -0.1) is 0 Å². The van der Waals surface area contributed by atoms with E-state index in [1.165, 1.54) is 5.56 Å². The van der Waals surface area contributed by atoms with Crippen molar-refractivity contribution in [3.05, 3.63) is 58.0 Å². The number of halogens is 5. The maximum absolute atomic E-state index is 8.87. The first-order valence-electron chi connectivity index (χ1n) is 7.20. The molecule has 0 aliphatic heterocycles. The first-order valence-corrected chi connectivity index (χ1v) is 23.2. The molecule has 0 amide bonds. The van der Waals surface area contributed by atoms with Crippen molar-refractivity contribution in [3.63, 3.8) is 0 Å². The fourth-order valence-electron chi connectivity index (χ4n) is 2.01. The van der Waals surface area contributed by atoms with Crippen LogP contribution in [0.5, 0.6) is 5.75 Å². The molecule has 2 rings (SSSR count). The van der Waals surface area contributed by atoms with E-state index < -0.39 is 10.8 Å². The van der Waals surface area contributed by atoms with Crippen LogP contribution in [-0.4, -0.2) is 14.2 Å². The van der Waals surface area contributed by atoms with Crippen LogP contribution in [-0.2, 0) is 17.4 Å². The van der Waals surface area contributed by atoms with Gasteiger partial charge < -0.3 is 9.64 Å². The van der Waals surface area contributed by atoms with Crippen molar-refractivity contribution in [2.24, 2.45) is 0 Å². The summed E-state index contributed by atoms with van der Waals surface area (Å²) in [6, 6.07) is 13.4. The molecule has 10 heteroatoms. The first kappa shape index (κ1) is 22.6. The number of hydrogen-bond acceptors (Lipinski definition) is 3. The van der Waals surface area contributed by atoms with E-state index in [9.17, 15) is 0 Å². The van der Waals surface area contributed by atoms with Gasteiger partial charge in [0.15, 0.2) is 4.98 Å². The summed E-state index contributed by atoms with van der Waals surface area (Å²) >= 11 is 6.07. The standard InChI is InChI=1S/C15H15ClN3O.4ClH.Zn/c1-19(10-11-6-4-3-5-7-11)14-8-12(16)13(18-17)9-15(14)20-2;;;;;/h3-9H,10H2,1-2H3;4*1H;/q+1;;;;;+2/p-4. The molecule has 0 N–H and O–H groups in total. The van der Waals surface area contributed by atoms with Crippen LogP contribution in [0.25, 0.3) is 4.98 Å². The van der Waals surface area contributed by atoms with E-state index in [-0.39, 0.29) is 0 Å². The normalized spacial score (nSPS) is 10.3. The molecule has 0 heterocycles. The van der Waals surface area contributed by atoms with Crippen molar-refractivity contribution in [1.82, 2.24) is 0 Å². The third-order valence-electron chi connectivity index (χ3n) is 3.03. The second-order valence-electron chi connectivity index (χ2n) is 5.02. The monoisotopic (exact) mass is 492 g/mol. The van der Waals surface area contributed by atoms with Crippen LogP contribution in [0.2, 0.25) is 5.02 Å². The Bertz CT molecular complexity index is 728. The van der Waals surface area contributed by atoms with Crippen molar-refractivity contribution < 1.29 is 15.5 Å². The zero-order valence-corrected chi connectivity index (χ0v) is 20.3. The molecular weight excluding hydrogens is 481 g/mol. The molecule has 0 radical (unpaired) electrons. The van der Waals surface area contributed by atoms with Gasteiger partial charge in [-0.3, -0.25) is 0 Å². The van der Waals surface area contributed by atoms with Crippen LogP contribution in [0.4, 0.5) is 11.4 Å². The summed E-state index contributed by atoms with van der Waals surface area (Å²) in [5.41, 5.74) is 2.32. The molecule has 0 unspecified atom stereocenters. The molecule has 0 fully saturated rings. The zero-order chi connectivity index (χ0) is 19.0. The Morgan fingerprint density at radius 1 is 1.12 bits per heavy atom. The predicted molar refractivity (Wildman–Crippen MR) is 105 cm³/mol. The Morgan fingerprint density at radius 3 is 2.16 bits per heavy atom. The molecule has 2 aromatic carbocycles. The van der Waals surface area contributed by atoms with Gasteiger partial charge in [0.2, 0.25) is 5.39 Å². The number of ether oxygens (including phenoxy) is 1. The van der Waals surface area contributed by atoms with Gasteiger partial charge in [0, 0.05) is 13.6 Å². The molecule has 2 aromatic rings. The number of methoxy groups -OCH3 is 1. The van der Waals surface area contributed by atoms with E-state index in [2.05, 4.69) is 17.1 Å². The molecule has 134 valence electrons. The van der Waals surface area contributed by atoms with Crippen LogP contribution in [0.3, 0.4) is 0 Å². The number of hydrogen-bond donors (Lipinski definition) is 0. The van der Waals surface area contributed by atoms with E-state index in [1.54, 1.807) is 19.2 Å². The number of rotatable bonds is 4. The fraction of sp³-hybridized carbons (Fsp3) is 0.200. The second-order valence-corrected chi connectivity index (χ2v) is 33.2. The molecule has 0 saturated carbocycles. The van der Waals surface area contributed by atoms with E-state index in [1.807, 2.05) is 30.1 Å². The van der Waals surface area contributed by atoms with Gasteiger partial charge in [-0.25, -0.2) is 0 Å². The average Bonchev–Trinajstić information content (AvgIpc) is 2.54. The van der Waals surface area contributed by atoms with E-state index in [4.69, 9.17) is 60.5 Å². The van der Waals surface area contributed by atoms with Gasteiger partial charge in [-0.2, -0.15) is 0 Å². The Balaban J connectivity index is 0.000000550. The summed E-state index contributed by atoms with van der Waals surface area (Å²) in [4.78, 5) is 5.16. The third kappa shape index (κ3) is 8.64. The molecule has 25 heavy (non-hydrogen) atoms. The topological polar surface area (TPSA) is 40.6 Å². The van der Waals surface area contributed by atoms with Crippen molar-refractivity contribution in [2.45, 2.75) is 6.54 Å². The summed E-state index contributed by atoms with van der Waals surface area (Å²) in [7, 11) is 20.3. The average molecular weight is 496 g/mol. The quantitative estimate of drug-likeness (QED) is 0.332. The van der Waals surface area contributed by atoms with Gasteiger partial charge in [-0.05, 0) is 11.6 Å². The molecule has 0 bridgehead atoms. The summed E-state index contributed by atoms with van der Waals surface area (Å²) < 4.78 is 5.33. The molecule has 0 aliphatic rings.